The van der Waals surface area contributed by atoms with Crippen LogP contribution in [-0.2, 0) is 6.54 Å². The first-order chi connectivity index (χ1) is 9.49. The van der Waals surface area contributed by atoms with E-state index in [0.717, 1.165) is 25.5 Å². The topological polar surface area (TPSA) is 28.2 Å². The van der Waals surface area contributed by atoms with Gasteiger partial charge < -0.3 is 10.2 Å². The third kappa shape index (κ3) is 4.78. The van der Waals surface area contributed by atoms with Gasteiger partial charge in [0.15, 0.2) is 0 Å². The van der Waals surface area contributed by atoms with Crippen molar-refractivity contribution in [1.82, 2.24) is 10.3 Å². The standard InChI is InChI=1S/C17H31N3/c1-7-9-18-12-15-10-16(13(3)4)19-17(11-15)20(8-2)14(5)6/h10-11,13-14,18H,7-9,12H2,1-6H3. The summed E-state index contributed by atoms with van der Waals surface area (Å²) in [6.45, 7) is 16.2. The molecule has 1 aromatic rings. The Kier molecular flexibility index (Phi) is 7.00. The SMILES string of the molecule is CCCNCc1cc(C(C)C)nc(N(CC)C(C)C)c1. The summed E-state index contributed by atoms with van der Waals surface area (Å²) >= 11 is 0. The fraction of sp³-hybridized carbons (Fsp3) is 0.706. The van der Waals surface area contributed by atoms with E-state index >= 15 is 0 Å². The predicted octanol–water partition coefficient (Wildman–Crippen LogP) is 3.94. The summed E-state index contributed by atoms with van der Waals surface area (Å²) in [5.74, 6) is 1.58. The number of hydrogen-bond acceptors (Lipinski definition) is 3. The van der Waals surface area contributed by atoms with Gasteiger partial charge in [-0.3, -0.25) is 0 Å². The van der Waals surface area contributed by atoms with Gasteiger partial charge in [0, 0.05) is 24.8 Å². The van der Waals surface area contributed by atoms with Crippen molar-refractivity contribution in [3.8, 4) is 0 Å². The van der Waals surface area contributed by atoms with Crippen LogP contribution in [0, 0.1) is 0 Å². The smallest absolute Gasteiger partial charge is 0.129 e. The van der Waals surface area contributed by atoms with Gasteiger partial charge in [-0.1, -0.05) is 20.8 Å². The fourth-order valence-corrected chi connectivity index (χ4v) is 2.34. The maximum absolute atomic E-state index is 4.85. The first kappa shape index (κ1) is 17.0. The summed E-state index contributed by atoms with van der Waals surface area (Å²) in [7, 11) is 0. The Morgan fingerprint density at radius 3 is 2.35 bits per heavy atom. The average molecular weight is 277 g/mol. The van der Waals surface area contributed by atoms with Crippen molar-refractivity contribution in [1.29, 1.82) is 0 Å². The molecule has 0 radical (unpaired) electrons. The zero-order chi connectivity index (χ0) is 15.1. The van der Waals surface area contributed by atoms with Gasteiger partial charge in [0.2, 0.25) is 0 Å². The van der Waals surface area contributed by atoms with Crippen LogP contribution in [0.25, 0.3) is 0 Å². The van der Waals surface area contributed by atoms with Crippen LogP contribution in [0.5, 0.6) is 0 Å². The van der Waals surface area contributed by atoms with Crippen LogP contribution in [0.3, 0.4) is 0 Å². The first-order valence-corrected chi connectivity index (χ1v) is 7.97. The normalized spacial score (nSPS) is 11.4. The van der Waals surface area contributed by atoms with Gasteiger partial charge in [-0.2, -0.15) is 0 Å². The van der Waals surface area contributed by atoms with Crippen molar-refractivity contribution in [2.75, 3.05) is 18.0 Å². The molecule has 1 heterocycles. The molecular weight excluding hydrogens is 246 g/mol. The van der Waals surface area contributed by atoms with Crippen LogP contribution in [0.1, 0.15) is 65.1 Å². The van der Waals surface area contributed by atoms with Crippen molar-refractivity contribution in [2.24, 2.45) is 0 Å². The molecule has 0 aliphatic heterocycles. The maximum atomic E-state index is 4.85. The summed E-state index contributed by atoms with van der Waals surface area (Å²) in [4.78, 5) is 7.21. The van der Waals surface area contributed by atoms with E-state index in [0.29, 0.717) is 12.0 Å². The molecule has 0 atom stereocenters. The molecule has 0 amide bonds. The molecule has 0 aliphatic carbocycles. The Labute approximate surface area is 124 Å². The van der Waals surface area contributed by atoms with Gasteiger partial charge in [0.1, 0.15) is 5.82 Å². The molecule has 3 nitrogen and oxygen atoms in total. The van der Waals surface area contributed by atoms with Gasteiger partial charge >= 0.3 is 0 Å². The van der Waals surface area contributed by atoms with E-state index in [1.54, 1.807) is 0 Å². The lowest BCUT2D eigenvalue weighted by molar-refractivity contribution is 0.664. The summed E-state index contributed by atoms with van der Waals surface area (Å²) < 4.78 is 0. The quantitative estimate of drug-likeness (QED) is 0.730. The fourth-order valence-electron chi connectivity index (χ4n) is 2.34. The molecule has 1 rings (SSSR count). The number of rotatable bonds is 8. The lowest BCUT2D eigenvalue weighted by Crippen LogP contribution is -2.31. The second-order valence-electron chi connectivity index (χ2n) is 5.97. The number of nitrogens with one attached hydrogen (secondary N) is 1. The molecule has 0 spiro atoms. The molecule has 0 aliphatic rings. The second kappa shape index (κ2) is 8.25. The molecule has 0 fully saturated rings. The van der Waals surface area contributed by atoms with Crippen molar-refractivity contribution in [2.45, 2.75) is 66.5 Å². The molecule has 3 heteroatoms. The van der Waals surface area contributed by atoms with Gasteiger partial charge in [-0.15, -0.1) is 0 Å². The summed E-state index contributed by atoms with van der Waals surface area (Å²) in [5.41, 5.74) is 2.53. The van der Waals surface area contributed by atoms with Gasteiger partial charge in [0.05, 0.1) is 0 Å². The summed E-state index contributed by atoms with van der Waals surface area (Å²) in [5, 5.41) is 3.48. The minimum atomic E-state index is 0.464. The molecule has 1 N–H and O–H groups in total. The third-order valence-corrected chi connectivity index (χ3v) is 3.50. The predicted molar refractivity (Wildman–Crippen MR) is 88.5 cm³/mol. The molecule has 0 aromatic carbocycles. The number of aromatic nitrogens is 1. The van der Waals surface area contributed by atoms with E-state index in [1.165, 1.54) is 17.7 Å². The van der Waals surface area contributed by atoms with Crippen LogP contribution in [-0.4, -0.2) is 24.1 Å². The minimum absolute atomic E-state index is 0.464. The highest BCUT2D eigenvalue weighted by atomic mass is 15.2. The van der Waals surface area contributed by atoms with Crippen molar-refractivity contribution < 1.29 is 0 Å². The number of pyridine rings is 1. The number of anilines is 1. The highest BCUT2D eigenvalue weighted by Gasteiger charge is 2.13. The largest absolute Gasteiger partial charge is 0.354 e. The zero-order valence-electron chi connectivity index (χ0n) is 14.0. The molecule has 0 bridgehead atoms. The first-order valence-electron chi connectivity index (χ1n) is 7.97. The Bertz CT molecular complexity index is 399. The highest BCUT2D eigenvalue weighted by Crippen LogP contribution is 2.21. The number of nitrogens with zero attached hydrogens (tertiary/aromatic N) is 2. The minimum Gasteiger partial charge on any atom is -0.354 e. The molecule has 0 unspecified atom stereocenters. The van der Waals surface area contributed by atoms with Crippen LogP contribution in [0.4, 0.5) is 5.82 Å². The van der Waals surface area contributed by atoms with E-state index in [2.05, 4.69) is 63.9 Å². The van der Waals surface area contributed by atoms with Crippen LogP contribution < -0.4 is 10.2 Å². The Balaban J connectivity index is 3.03. The van der Waals surface area contributed by atoms with Crippen LogP contribution in [0.2, 0.25) is 0 Å². The lowest BCUT2D eigenvalue weighted by atomic mass is 10.1. The lowest BCUT2D eigenvalue weighted by Gasteiger charge is -2.27. The highest BCUT2D eigenvalue weighted by molar-refractivity contribution is 5.44. The Morgan fingerprint density at radius 2 is 1.85 bits per heavy atom. The molecule has 0 saturated carbocycles. The summed E-state index contributed by atoms with van der Waals surface area (Å²) in [6.07, 6.45) is 1.17. The molecule has 0 saturated heterocycles. The monoisotopic (exact) mass is 277 g/mol. The van der Waals surface area contributed by atoms with Crippen molar-refractivity contribution in [3.05, 3.63) is 23.4 Å². The van der Waals surface area contributed by atoms with E-state index in [4.69, 9.17) is 4.98 Å². The zero-order valence-corrected chi connectivity index (χ0v) is 14.0. The molecular formula is C17H31N3. The van der Waals surface area contributed by atoms with Crippen molar-refractivity contribution in [3.63, 3.8) is 0 Å². The molecule has 1 aromatic heterocycles. The van der Waals surface area contributed by atoms with Crippen molar-refractivity contribution >= 4 is 5.82 Å². The van der Waals surface area contributed by atoms with Crippen LogP contribution >= 0.6 is 0 Å². The van der Waals surface area contributed by atoms with E-state index in [1.807, 2.05) is 0 Å². The van der Waals surface area contributed by atoms with Gasteiger partial charge in [-0.05, 0) is 57.4 Å². The summed E-state index contributed by atoms with van der Waals surface area (Å²) in [6, 6.07) is 4.95. The molecule has 114 valence electrons. The molecule has 20 heavy (non-hydrogen) atoms. The third-order valence-electron chi connectivity index (χ3n) is 3.50. The van der Waals surface area contributed by atoms with Gasteiger partial charge in [-0.25, -0.2) is 4.98 Å². The van der Waals surface area contributed by atoms with Gasteiger partial charge in [0.25, 0.3) is 0 Å². The van der Waals surface area contributed by atoms with Crippen LogP contribution in [0.15, 0.2) is 12.1 Å². The van der Waals surface area contributed by atoms with E-state index in [-0.39, 0.29) is 0 Å². The van der Waals surface area contributed by atoms with E-state index < -0.39 is 0 Å². The Hall–Kier alpha value is -1.09. The number of hydrogen-bond donors (Lipinski definition) is 1. The average Bonchev–Trinajstić information content (AvgIpc) is 2.39. The van der Waals surface area contributed by atoms with E-state index in [9.17, 15) is 0 Å². The maximum Gasteiger partial charge on any atom is 0.129 e. The second-order valence-corrected chi connectivity index (χ2v) is 5.97. The Morgan fingerprint density at radius 1 is 1.15 bits per heavy atom.